The van der Waals surface area contributed by atoms with E-state index in [9.17, 15) is 21.6 Å². The van der Waals surface area contributed by atoms with Gasteiger partial charge in [-0.05, 0) is 31.5 Å². The van der Waals surface area contributed by atoms with Crippen molar-refractivity contribution in [2.45, 2.75) is 42.1 Å². The molecule has 11 heteroatoms. The molecule has 1 amide bonds. The number of carbonyl (C=O) groups excluding carboxylic acids is 1. The van der Waals surface area contributed by atoms with Gasteiger partial charge in [0.1, 0.15) is 10.9 Å². The first kappa shape index (κ1) is 21.5. The lowest BCUT2D eigenvalue weighted by molar-refractivity contribution is -0.124. The van der Waals surface area contributed by atoms with Crippen LogP contribution in [-0.2, 0) is 24.7 Å². The SMILES string of the molecule is CCC(C)NC(=O)C1CSCN1S(=O)(=O)c1cc(S(C)(=O)=O)ccc1Cl. The maximum atomic E-state index is 13.1. The lowest BCUT2D eigenvalue weighted by Gasteiger charge is -2.24. The monoisotopic (exact) mass is 440 g/mol. The molecule has 1 aliphatic rings. The third-order valence-electron chi connectivity index (χ3n) is 4.06. The van der Waals surface area contributed by atoms with Gasteiger partial charge >= 0.3 is 0 Å². The summed E-state index contributed by atoms with van der Waals surface area (Å²) in [7, 11) is -7.73. The van der Waals surface area contributed by atoms with Crippen molar-refractivity contribution >= 4 is 49.1 Å². The molecule has 26 heavy (non-hydrogen) atoms. The molecular formula is C15H21ClN2O5S3. The summed E-state index contributed by atoms with van der Waals surface area (Å²) in [5.74, 6) is 0.0499. The zero-order valence-electron chi connectivity index (χ0n) is 14.6. The number of nitrogens with one attached hydrogen (secondary N) is 1. The van der Waals surface area contributed by atoms with Crippen molar-refractivity contribution in [2.75, 3.05) is 17.9 Å². The van der Waals surface area contributed by atoms with E-state index in [0.717, 1.165) is 23.0 Å². The van der Waals surface area contributed by atoms with Crippen LogP contribution in [0.5, 0.6) is 0 Å². The molecular weight excluding hydrogens is 420 g/mol. The van der Waals surface area contributed by atoms with E-state index in [1.54, 1.807) is 0 Å². The van der Waals surface area contributed by atoms with Crippen molar-refractivity contribution in [3.63, 3.8) is 0 Å². The van der Waals surface area contributed by atoms with Gasteiger partial charge in [-0.2, -0.15) is 4.31 Å². The standard InChI is InChI=1S/C15H21ClN2O5S3/c1-4-10(2)17-15(19)13-8-24-9-18(13)26(22,23)14-7-11(25(3,20)21)5-6-12(14)16/h5-7,10,13H,4,8-9H2,1-3H3,(H,17,19). The number of thioether (sulfide) groups is 1. The Morgan fingerprint density at radius 2 is 2.04 bits per heavy atom. The number of halogens is 1. The summed E-state index contributed by atoms with van der Waals surface area (Å²) < 4.78 is 50.7. The fraction of sp³-hybridized carbons (Fsp3) is 0.533. The Morgan fingerprint density at radius 1 is 1.38 bits per heavy atom. The average molecular weight is 441 g/mol. The van der Waals surface area contributed by atoms with Gasteiger partial charge in [0.05, 0.1) is 15.8 Å². The average Bonchev–Trinajstić information content (AvgIpc) is 3.04. The number of hydrogen-bond donors (Lipinski definition) is 1. The molecule has 0 aliphatic carbocycles. The van der Waals surface area contributed by atoms with Gasteiger partial charge in [-0.15, -0.1) is 11.8 Å². The summed E-state index contributed by atoms with van der Waals surface area (Å²) in [5, 5.41) is 2.70. The lowest BCUT2D eigenvalue weighted by atomic mass is 10.2. The largest absolute Gasteiger partial charge is 0.352 e. The highest BCUT2D eigenvalue weighted by atomic mass is 35.5. The molecule has 0 radical (unpaired) electrons. The zero-order valence-corrected chi connectivity index (χ0v) is 17.8. The molecule has 2 unspecified atom stereocenters. The van der Waals surface area contributed by atoms with Crippen LogP contribution in [-0.4, -0.2) is 57.0 Å². The predicted octanol–water partition coefficient (Wildman–Crippen LogP) is 1.72. The third kappa shape index (κ3) is 4.53. The summed E-state index contributed by atoms with van der Waals surface area (Å²) >= 11 is 7.35. The van der Waals surface area contributed by atoms with Gasteiger partial charge < -0.3 is 5.32 Å². The summed E-state index contributed by atoms with van der Waals surface area (Å²) in [6.45, 7) is 3.75. The fourth-order valence-corrected chi connectivity index (χ4v) is 6.72. The van der Waals surface area contributed by atoms with Crippen molar-refractivity contribution in [2.24, 2.45) is 0 Å². The van der Waals surface area contributed by atoms with Gasteiger partial charge in [-0.1, -0.05) is 18.5 Å². The van der Waals surface area contributed by atoms with Gasteiger partial charge in [-0.3, -0.25) is 4.79 Å². The van der Waals surface area contributed by atoms with E-state index in [-0.39, 0.29) is 32.6 Å². The molecule has 1 aliphatic heterocycles. The minimum absolute atomic E-state index is 0.0743. The van der Waals surface area contributed by atoms with Crippen molar-refractivity contribution in [1.82, 2.24) is 9.62 Å². The van der Waals surface area contributed by atoms with Gasteiger partial charge in [0.15, 0.2) is 9.84 Å². The Hall–Kier alpha value is -0.810. The van der Waals surface area contributed by atoms with Crippen LogP contribution in [0, 0.1) is 0 Å². The molecule has 2 atom stereocenters. The molecule has 146 valence electrons. The van der Waals surface area contributed by atoms with Crippen LogP contribution in [0.3, 0.4) is 0 Å². The van der Waals surface area contributed by atoms with E-state index < -0.39 is 25.9 Å². The Balaban J connectivity index is 2.42. The maximum Gasteiger partial charge on any atom is 0.246 e. The maximum absolute atomic E-state index is 13.1. The van der Waals surface area contributed by atoms with Gasteiger partial charge in [0.25, 0.3) is 0 Å². The zero-order chi connectivity index (χ0) is 19.7. The highest BCUT2D eigenvalue weighted by molar-refractivity contribution is 8.00. The smallest absolute Gasteiger partial charge is 0.246 e. The van der Waals surface area contributed by atoms with Crippen molar-refractivity contribution < 1.29 is 21.6 Å². The number of sulfone groups is 1. The molecule has 1 heterocycles. The van der Waals surface area contributed by atoms with Crippen molar-refractivity contribution in [3.8, 4) is 0 Å². The minimum atomic E-state index is -4.13. The van der Waals surface area contributed by atoms with Gasteiger partial charge in [0, 0.05) is 18.1 Å². The highest BCUT2D eigenvalue weighted by Crippen LogP contribution is 2.33. The molecule has 2 rings (SSSR count). The second-order valence-electron chi connectivity index (χ2n) is 6.09. The third-order valence-corrected chi connectivity index (χ3v) is 8.69. The topological polar surface area (TPSA) is 101 Å². The van der Waals surface area contributed by atoms with Crippen molar-refractivity contribution in [3.05, 3.63) is 23.2 Å². The summed E-state index contributed by atoms with van der Waals surface area (Å²) in [4.78, 5) is 12.0. The Kier molecular flexibility index (Phi) is 6.66. The molecule has 1 aromatic rings. The lowest BCUT2D eigenvalue weighted by Crippen LogP contribution is -2.49. The van der Waals surface area contributed by atoms with Crippen LogP contribution in [0.25, 0.3) is 0 Å². The van der Waals surface area contributed by atoms with Gasteiger partial charge in [-0.25, -0.2) is 16.8 Å². The number of sulfonamides is 1. The molecule has 0 spiro atoms. The molecule has 1 N–H and O–H groups in total. The van der Waals surface area contributed by atoms with E-state index in [0.29, 0.717) is 5.75 Å². The van der Waals surface area contributed by atoms with E-state index in [1.165, 1.54) is 23.9 Å². The number of nitrogens with zero attached hydrogens (tertiary/aromatic N) is 1. The number of carbonyl (C=O) groups is 1. The normalized spacial score (nSPS) is 20.1. The number of amides is 1. The van der Waals surface area contributed by atoms with E-state index in [2.05, 4.69) is 5.32 Å². The molecule has 0 saturated carbocycles. The highest BCUT2D eigenvalue weighted by Gasteiger charge is 2.41. The number of hydrogen-bond acceptors (Lipinski definition) is 6. The quantitative estimate of drug-likeness (QED) is 0.722. The molecule has 0 aromatic heterocycles. The van der Waals surface area contributed by atoms with E-state index in [4.69, 9.17) is 11.6 Å². The first-order valence-corrected chi connectivity index (χ1v) is 12.7. The second kappa shape index (κ2) is 8.05. The summed E-state index contributed by atoms with van der Waals surface area (Å²) in [5.41, 5.74) is 0. The summed E-state index contributed by atoms with van der Waals surface area (Å²) in [6, 6.07) is 2.59. The predicted molar refractivity (Wildman–Crippen MR) is 103 cm³/mol. The minimum Gasteiger partial charge on any atom is -0.352 e. The van der Waals surface area contributed by atoms with Crippen LogP contribution < -0.4 is 5.32 Å². The number of rotatable bonds is 6. The molecule has 1 saturated heterocycles. The molecule has 0 bridgehead atoms. The Bertz CT molecular complexity index is 902. The molecule has 7 nitrogen and oxygen atoms in total. The fourth-order valence-electron chi connectivity index (χ4n) is 2.35. The van der Waals surface area contributed by atoms with Crippen LogP contribution in [0.1, 0.15) is 20.3 Å². The van der Waals surface area contributed by atoms with Crippen LogP contribution in [0.15, 0.2) is 28.0 Å². The first-order valence-electron chi connectivity index (χ1n) is 7.88. The second-order valence-corrected chi connectivity index (χ2v) is 11.4. The Labute approximate surface area is 163 Å². The van der Waals surface area contributed by atoms with Gasteiger partial charge in [0.2, 0.25) is 15.9 Å². The molecule has 1 fully saturated rings. The van der Waals surface area contributed by atoms with Crippen LogP contribution >= 0.6 is 23.4 Å². The van der Waals surface area contributed by atoms with Crippen molar-refractivity contribution in [1.29, 1.82) is 0 Å². The first-order chi connectivity index (χ1) is 12.0. The Morgan fingerprint density at radius 3 is 2.62 bits per heavy atom. The number of benzene rings is 1. The summed E-state index contributed by atoms with van der Waals surface area (Å²) in [6.07, 6.45) is 1.71. The van der Waals surface area contributed by atoms with Crippen LogP contribution in [0.4, 0.5) is 0 Å². The van der Waals surface area contributed by atoms with E-state index in [1.807, 2.05) is 13.8 Å². The molecule has 1 aromatic carbocycles. The van der Waals surface area contributed by atoms with E-state index >= 15 is 0 Å². The van der Waals surface area contributed by atoms with Crippen LogP contribution in [0.2, 0.25) is 5.02 Å².